The third kappa shape index (κ3) is 8.67. The molecule has 3 amide bonds. The molecular weight excluding hydrogens is 536 g/mol. The van der Waals surface area contributed by atoms with Crippen LogP contribution in [0.5, 0.6) is 0 Å². The van der Waals surface area contributed by atoms with Gasteiger partial charge in [-0.25, -0.2) is 0 Å². The van der Waals surface area contributed by atoms with E-state index in [0.29, 0.717) is 18.5 Å². The summed E-state index contributed by atoms with van der Waals surface area (Å²) in [5, 5.41) is 18.4. The van der Waals surface area contributed by atoms with Crippen molar-refractivity contribution in [2.24, 2.45) is 17.8 Å². The molecule has 3 aromatic rings. The van der Waals surface area contributed by atoms with E-state index in [1.807, 2.05) is 54.6 Å². The molecule has 42 heavy (non-hydrogen) atoms. The number of carbonyl (C=O) groups excluding carboxylic acids is 4. The van der Waals surface area contributed by atoms with E-state index in [9.17, 15) is 19.2 Å². The Bertz CT molecular complexity index is 1380. The van der Waals surface area contributed by atoms with Crippen molar-refractivity contribution in [2.45, 2.75) is 38.6 Å². The highest BCUT2D eigenvalue weighted by molar-refractivity contribution is 5.99. The predicted molar refractivity (Wildman–Crippen MR) is 158 cm³/mol. The lowest BCUT2D eigenvalue weighted by Gasteiger charge is -2.33. The van der Waals surface area contributed by atoms with Gasteiger partial charge >= 0.3 is 0 Å². The summed E-state index contributed by atoms with van der Waals surface area (Å²) >= 11 is 0. The van der Waals surface area contributed by atoms with Gasteiger partial charge in [0, 0.05) is 48.0 Å². The van der Waals surface area contributed by atoms with Crippen molar-refractivity contribution < 1.29 is 29.0 Å². The molecule has 1 fully saturated rings. The molecule has 4 rings (SSSR count). The van der Waals surface area contributed by atoms with Crippen molar-refractivity contribution in [1.82, 2.24) is 15.6 Å². The van der Waals surface area contributed by atoms with Gasteiger partial charge in [-0.15, -0.1) is 0 Å². The number of nitrogens with one attached hydrogen (secondary N) is 3. The maximum Gasteiger partial charge on any atom is 0.247 e. The summed E-state index contributed by atoms with van der Waals surface area (Å²) in [6, 6.07) is 17.7. The van der Waals surface area contributed by atoms with Crippen molar-refractivity contribution in [2.75, 3.05) is 31.7 Å². The first-order valence-corrected chi connectivity index (χ1v) is 14.3. The molecule has 10 nitrogen and oxygen atoms in total. The molecule has 2 aromatic carbocycles. The molecule has 0 aliphatic heterocycles. The van der Waals surface area contributed by atoms with Crippen molar-refractivity contribution >= 4 is 40.1 Å². The summed E-state index contributed by atoms with van der Waals surface area (Å²) in [7, 11) is 0. The molecule has 10 heteroatoms. The summed E-state index contributed by atoms with van der Waals surface area (Å²) in [6.45, 7) is 2.08. The molecule has 4 atom stereocenters. The van der Waals surface area contributed by atoms with Gasteiger partial charge < -0.3 is 25.8 Å². The highest BCUT2D eigenvalue weighted by atomic mass is 16.5. The van der Waals surface area contributed by atoms with E-state index >= 15 is 0 Å². The molecule has 1 aliphatic carbocycles. The van der Waals surface area contributed by atoms with E-state index < -0.39 is 23.8 Å². The number of Topliss-reactive ketones (excluding diaryl/α,β-unsaturated/α-hetero) is 1. The fourth-order valence-corrected chi connectivity index (χ4v) is 5.37. The second-order valence-electron chi connectivity index (χ2n) is 10.7. The fourth-order valence-electron chi connectivity index (χ4n) is 5.37. The van der Waals surface area contributed by atoms with Crippen LogP contribution in [0, 0.1) is 17.8 Å². The van der Waals surface area contributed by atoms with Crippen molar-refractivity contribution in [3.05, 3.63) is 72.4 Å². The molecule has 0 bridgehead atoms. The Balaban J connectivity index is 1.46. The number of aliphatic hydroxyl groups excluding tert-OH is 1. The normalized spacial score (nSPS) is 19.0. The van der Waals surface area contributed by atoms with Crippen LogP contribution in [-0.2, 0) is 30.3 Å². The molecule has 0 saturated heterocycles. The molecule has 1 aromatic heterocycles. The fraction of sp³-hybridized carbons (Fsp3) is 0.406. The average Bonchev–Trinajstić information content (AvgIpc) is 3.00. The van der Waals surface area contributed by atoms with Crippen LogP contribution < -0.4 is 16.0 Å². The minimum absolute atomic E-state index is 0.0686. The topological polar surface area (TPSA) is 147 Å². The van der Waals surface area contributed by atoms with E-state index in [0.717, 1.165) is 16.5 Å². The molecule has 0 radical (unpaired) electrons. The number of fused-ring (bicyclic) bond motifs is 1. The lowest BCUT2D eigenvalue weighted by molar-refractivity contribution is -0.135. The molecule has 1 aliphatic rings. The van der Waals surface area contributed by atoms with Crippen LogP contribution in [-0.4, -0.2) is 66.0 Å². The molecule has 222 valence electrons. The zero-order valence-corrected chi connectivity index (χ0v) is 23.8. The largest absolute Gasteiger partial charge is 0.394 e. The average molecular weight is 575 g/mol. The first kappa shape index (κ1) is 30.8. The van der Waals surface area contributed by atoms with Gasteiger partial charge in [0.25, 0.3) is 0 Å². The molecule has 0 unspecified atom stereocenters. The Morgan fingerprint density at radius 3 is 2.40 bits per heavy atom. The van der Waals surface area contributed by atoms with Gasteiger partial charge in [-0.1, -0.05) is 36.4 Å². The van der Waals surface area contributed by atoms with Crippen LogP contribution in [0.25, 0.3) is 10.9 Å². The number of carbonyl (C=O) groups is 4. The zero-order valence-electron chi connectivity index (χ0n) is 23.8. The predicted octanol–water partition coefficient (Wildman–Crippen LogP) is 2.65. The first-order chi connectivity index (χ1) is 20.3. The number of amides is 3. The smallest absolute Gasteiger partial charge is 0.247 e. The molecular formula is C32H38N4O6. The van der Waals surface area contributed by atoms with Gasteiger partial charge in [-0.2, -0.15) is 0 Å². The standard InChI is InChI=1S/C32H38N4O6/c1-21(38)24-17-25(30(39)34-12-14-42-15-13-37)19-26(18-24)31(40)36-29(16-22-6-3-2-4-7-22)32(41)35-27-9-10-28-23(20-27)8-5-11-33-28/h2-11,20,24-26,29,37H,12-19H2,1H3,(H,34,39)(H,35,41)(H,36,40)/t24-,25+,26-,29-/m0/s1. The van der Waals surface area contributed by atoms with Crippen LogP contribution in [0.2, 0.25) is 0 Å². The Labute approximate surface area is 245 Å². The number of rotatable bonds is 13. The second-order valence-corrected chi connectivity index (χ2v) is 10.7. The van der Waals surface area contributed by atoms with Crippen LogP contribution in [0.1, 0.15) is 31.7 Å². The highest BCUT2D eigenvalue weighted by Gasteiger charge is 2.38. The SMILES string of the molecule is CC(=O)[C@H]1C[C@@H](C(=O)NCCOCCO)C[C@@H](C(=O)N[C@@H](Cc2ccccc2)C(=O)Nc2ccc3ncccc3c2)C1. The second kappa shape index (κ2) is 15.2. The van der Waals surface area contributed by atoms with E-state index in [2.05, 4.69) is 20.9 Å². The quantitative estimate of drug-likeness (QED) is 0.230. The Hall–Kier alpha value is -4.15. The number of hydrogen-bond acceptors (Lipinski definition) is 7. The Kier molecular flexibility index (Phi) is 11.1. The van der Waals surface area contributed by atoms with Crippen LogP contribution in [0.15, 0.2) is 66.9 Å². The van der Waals surface area contributed by atoms with Crippen LogP contribution in [0.4, 0.5) is 5.69 Å². The maximum absolute atomic E-state index is 13.6. The monoisotopic (exact) mass is 574 g/mol. The first-order valence-electron chi connectivity index (χ1n) is 14.3. The number of hydrogen-bond donors (Lipinski definition) is 4. The number of anilines is 1. The van der Waals surface area contributed by atoms with E-state index in [-0.39, 0.29) is 62.7 Å². The summed E-state index contributed by atoms with van der Waals surface area (Å²) in [6.07, 6.45) is 2.94. The number of benzene rings is 2. The third-order valence-electron chi connectivity index (χ3n) is 7.59. The molecule has 0 spiro atoms. The number of nitrogens with zero attached hydrogens (tertiary/aromatic N) is 1. The number of ketones is 1. The van der Waals surface area contributed by atoms with Gasteiger partial charge in [0.1, 0.15) is 11.8 Å². The Morgan fingerprint density at radius 1 is 0.929 bits per heavy atom. The number of aromatic nitrogens is 1. The Morgan fingerprint density at radius 2 is 1.67 bits per heavy atom. The summed E-state index contributed by atoms with van der Waals surface area (Å²) < 4.78 is 5.19. The minimum atomic E-state index is -0.877. The van der Waals surface area contributed by atoms with Gasteiger partial charge in [0.2, 0.25) is 17.7 Å². The summed E-state index contributed by atoms with van der Waals surface area (Å²) in [5.74, 6) is -2.59. The molecule has 1 heterocycles. The highest BCUT2D eigenvalue weighted by Crippen LogP contribution is 2.34. The number of ether oxygens (including phenoxy) is 1. The van der Waals surface area contributed by atoms with Gasteiger partial charge in [-0.3, -0.25) is 24.2 Å². The van der Waals surface area contributed by atoms with Crippen molar-refractivity contribution in [3.8, 4) is 0 Å². The van der Waals surface area contributed by atoms with E-state index in [4.69, 9.17) is 9.84 Å². The van der Waals surface area contributed by atoms with Gasteiger partial charge in [0.05, 0.1) is 25.3 Å². The lowest BCUT2D eigenvalue weighted by Crippen LogP contribution is -2.49. The van der Waals surface area contributed by atoms with E-state index in [1.165, 1.54) is 6.92 Å². The lowest BCUT2D eigenvalue weighted by atomic mass is 9.73. The minimum Gasteiger partial charge on any atom is -0.394 e. The van der Waals surface area contributed by atoms with Gasteiger partial charge in [-0.05, 0) is 56.0 Å². The van der Waals surface area contributed by atoms with E-state index in [1.54, 1.807) is 12.3 Å². The molecule has 4 N–H and O–H groups in total. The third-order valence-corrected chi connectivity index (χ3v) is 7.59. The van der Waals surface area contributed by atoms with Crippen molar-refractivity contribution in [3.63, 3.8) is 0 Å². The summed E-state index contributed by atoms with van der Waals surface area (Å²) in [4.78, 5) is 56.7. The maximum atomic E-state index is 13.6. The van der Waals surface area contributed by atoms with Crippen LogP contribution in [0.3, 0.4) is 0 Å². The number of pyridine rings is 1. The number of aliphatic hydroxyl groups is 1. The summed E-state index contributed by atoms with van der Waals surface area (Å²) in [5.41, 5.74) is 2.27. The van der Waals surface area contributed by atoms with Crippen LogP contribution >= 0.6 is 0 Å². The van der Waals surface area contributed by atoms with Crippen molar-refractivity contribution in [1.29, 1.82) is 0 Å². The van der Waals surface area contributed by atoms with Gasteiger partial charge in [0.15, 0.2) is 0 Å². The zero-order chi connectivity index (χ0) is 29.9. The molecule has 1 saturated carbocycles.